The highest BCUT2D eigenvalue weighted by molar-refractivity contribution is 7.99. The number of nitrogens with zero attached hydrogens (tertiary/aromatic N) is 1. The second-order valence-electron chi connectivity index (χ2n) is 4.74. The first-order chi connectivity index (χ1) is 10.6. The maximum Gasteiger partial charge on any atom is 0.319 e. The van der Waals surface area contributed by atoms with E-state index in [0.717, 1.165) is 32.8 Å². The van der Waals surface area contributed by atoms with Crippen LogP contribution in [0.15, 0.2) is 29.2 Å². The molecule has 1 fully saturated rings. The number of hydrogen-bond donors (Lipinski definition) is 2. The van der Waals surface area contributed by atoms with Crippen LogP contribution in [0.25, 0.3) is 0 Å². The van der Waals surface area contributed by atoms with Gasteiger partial charge in [-0.25, -0.2) is 4.79 Å². The number of alkyl halides is 2. The Morgan fingerprint density at radius 3 is 2.86 bits per heavy atom. The van der Waals surface area contributed by atoms with Gasteiger partial charge in [0.15, 0.2) is 0 Å². The second-order valence-corrected chi connectivity index (χ2v) is 5.80. The number of halogens is 2. The van der Waals surface area contributed by atoms with Crippen molar-refractivity contribution in [2.24, 2.45) is 0 Å². The first-order valence-corrected chi connectivity index (χ1v) is 7.91. The minimum Gasteiger partial charge on any atom is -0.379 e. The molecule has 1 saturated heterocycles. The standard InChI is InChI=1S/C14H19F2N3O2S/c15-13(16)22-12-3-1-2-11(10-12)18-14(20)17-4-5-19-6-8-21-9-7-19/h1-3,10,13H,4-9H2,(H2,17,18,20). The van der Waals surface area contributed by atoms with Crippen molar-refractivity contribution in [3.63, 3.8) is 0 Å². The van der Waals surface area contributed by atoms with Crippen LogP contribution in [0.4, 0.5) is 19.3 Å². The lowest BCUT2D eigenvalue weighted by molar-refractivity contribution is 0.0388. The highest BCUT2D eigenvalue weighted by Gasteiger charge is 2.10. The fourth-order valence-electron chi connectivity index (χ4n) is 2.08. The maximum absolute atomic E-state index is 12.3. The Bertz CT molecular complexity index is 485. The smallest absolute Gasteiger partial charge is 0.319 e. The highest BCUT2D eigenvalue weighted by Crippen LogP contribution is 2.27. The van der Waals surface area contributed by atoms with E-state index in [1.54, 1.807) is 18.2 Å². The van der Waals surface area contributed by atoms with Gasteiger partial charge >= 0.3 is 6.03 Å². The first kappa shape index (κ1) is 17.0. The molecule has 1 aromatic carbocycles. The topological polar surface area (TPSA) is 53.6 Å². The number of thioether (sulfide) groups is 1. The summed E-state index contributed by atoms with van der Waals surface area (Å²) in [5.41, 5.74) is 0.495. The van der Waals surface area contributed by atoms with Gasteiger partial charge in [0.25, 0.3) is 5.76 Å². The number of rotatable bonds is 6. The van der Waals surface area contributed by atoms with Gasteiger partial charge in [0.05, 0.1) is 13.2 Å². The van der Waals surface area contributed by atoms with Crippen LogP contribution in [0, 0.1) is 0 Å². The third-order valence-electron chi connectivity index (χ3n) is 3.13. The van der Waals surface area contributed by atoms with Crippen LogP contribution >= 0.6 is 11.8 Å². The summed E-state index contributed by atoms with van der Waals surface area (Å²) in [6.45, 7) is 4.48. The number of morpholine rings is 1. The highest BCUT2D eigenvalue weighted by atomic mass is 32.2. The SMILES string of the molecule is O=C(NCCN1CCOCC1)Nc1cccc(SC(F)F)c1. The number of benzene rings is 1. The number of urea groups is 1. The van der Waals surface area contributed by atoms with E-state index in [1.165, 1.54) is 6.07 Å². The molecule has 1 aliphatic heterocycles. The lowest BCUT2D eigenvalue weighted by Gasteiger charge is -2.26. The minimum atomic E-state index is -2.47. The van der Waals surface area contributed by atoms with Gasteiger partial charge in [0.1, 0.15) is 0 Å². The van der Waals surface area contributed by atoms with Crippen LogP contribution in [-0.4, -0.2) is 56.1 Å². The Morgan fingerprint density at radius 2 is 2.14 bits per heavy atom. The predicted octanol–water partition coefficient (Wildman–Crippen LogP) is 2.46. The molecule has 0 unspecified atom stereocenters. The number of hydrogen-bond acceptors (Lipinski definition) is 4. The minimum absolute atomic E-state index is 0.340. The molecule has 122 valence electrons. The number of ether oxygens (including phenoxy) is 1. The molecule has 2 amide bonds. The summed E-state index contributed by atoms with van der Waals surface area (Å²) in [7, 11) is 0. The molecule has 2 rings (SSSR count). The van der Waals surface area contributed by atoms with Crippen molar-refractivity contribution in [1.82, 2.24) is 10.2 Å². The van der Waals surface area contributed by atoms with Gasteiger partial charge in [-0.2, -0.15) is 8.78 Å². The largest absolute Gasteiger partial charge is 0.379 e. The number of nitrogens with one attached hydrogen (secondary N) is 2. The molecule has 0 bridgehead atoms. The Balaban J connectivity index is 1.72. The fourth-order valence-corrected chi connectivity index (χ4v) is 2.64. The van der Waals surface area contributed by atoms with E-state index in [0.29, 0.717) is 28.9 Å². The fraction of sp³-hybridized carbons (Fsp3) is 0.500. The molecular weight excluding hydrogens is 312 g/mol. The van der Waals surface area contributed by atoms with Crippen molar-refractivity contribution in [3.8, 4) is 0 Å². The molecule has 1 aliphatic rings. The van der Waals surface area contributed by atoms with E-state index >= 15 is 0 Å². The van der Waals surface area contributed by atoms with Gasteiger partial charge in [-0.1, -0.05) is 17.8 Å². The molecule has 0 aromatic heterocycles. The van der Waals surface area contributed by atoms with Crippen LogP contribution in [0.3, 0.4) is 0 Å². The summed E-state index contributed by atoms with van der Waals surface area (Å²) in [5.74, 6) is -2.47. The quantitative estimate of drug-likeness (QED) is 0.786. The molecule has 22 heavy (non-hydrogen) atoms. The molecule has 0 spiro atoms. The van der Waals surface area contributed by atoms with Crippen molar-refractivity contribution in [2.75, 3.05) is 44.7 Å². The third-order valence-corrected chi connectivity index (χ3v) is 3.84. The van der Waals surface area contributed by atoms with Crippen molar-refractivity contribution in [2.45, 2.75) is 10.7 Å². The Labute approximate surface area is 132 Å². The molecule has 5 nitrogen and oxygen atoms in total. The van der Waals surface area contributed by atoms with Gasteiger partial charge in [0, 0.05) is 36.8 Å². The van der Waals surface area contributed by atoms with Gasteiger partial charge in [-0.15, -0.1) is 0 Å². The summed E-state index contributed by atoms with van der Waals surface area (Å²) in [6, 6.07) is 6.06. The summed E-state index contributed by atoms with van der Waals surface area (Å²) < 4.78 is 29.9. The van der Waals surface area contributed by atoms with Crippen molar-refractivity contribution in [3.05, 3.63) is 24.3 Å². The van der Waals surface area contributed by atoms with E-state index < -0.39 is 5.76 Å². The van der Waals surface area contributed by atoms with Crippen molar-refractivity contribution < 1.29 is 18.3 Å². The van der Waals surface area contributed by atoms with Crippen LogP contribution < -0.4 is 10.6 Å². The van der Waals surface area contributed by atoms with Gasteiger partial charge in [0.2, 0.25) is 0 Å². The van der Waals surface area contributed by atoms with Crippen molar-refractivity contribution in [1.29, 1.82) is 0 Å². The molecule has 1 aromatic rings. The molecule has 0 atom stereocenters. The summed E-state index contributed by atoms with van der Waals surface area (Å²) >= 11 is 0.453. The summed E-state index contributed by atoms with van der Waals surface area (Å²) in [4.78, 5) is 14.4. The Morgan fingerprint density at radius 1 is 1.36 bits per heavy atom. The van der Waals surface area contributed by atoms with E-state index in [1.807, 2.05) is 0 Å². The average Bonchev–Trinajstić information content (AvgIpc) is 2.48. The molecule has 0 radical (unpaired) electrons. The molecule has 8 heteroatoms. The van der Waals surface area contributed by atoms with Crippen LogP contribution in [-0.2, 0) is 4.74 Å². The van der Waals surface area contributed by atoms with E-state index in [-0.39, 0.29) is 6.03 Å². The van der Waals surface area contributed by atoms with E-state index in [9.17, 15) is 13.6 Å². The summed E-state index contributed by atoms with van der Waals surface area (Å²) in [5, 5.41) is 5.39. The molecule has 1 heterocycles. The van der Waals surface area contributed by atoms with Crippen LogP contribution in [0.1, 0.15) is 0 Å². The van der Waals surface area contributed by atoms with E-state index in [2.05, 4.69) is 15.5 Å². The predicted molar refractivity (Wildman–Crippen MR) is 82.6 cm³/mol. The first-order valence-electron chi connectivity index (χ1n) is 7.03. The summed E-state index contributed by atoms with van der Waals surface area (Å²) in [6.07, 6.45) is 0. The molecule has 0 saturated carbocycles. The number of anilines is 1. The average molecular weight is 331 g/mol. The molecular formula is C14H19F2N3O2S. The number of carbonyl (C=O) groups is 1. The lowest BCUT2D eigenvalue weighted by atomic mass is 10.3. The molecule has 0 aliphatic carbocycles. The van der Waals surface area contributed by atoms with Gasteiger partial charge in [-0.05, 0) is 18.2 Å². The van der Waals surface area contributed by atoms with Crippen LogP contribution in [0.2, 0.25) is 0 Å². The number of carbonyl (C=O) groups excluding carboxylic acids is 1. The normalized spacial score (nSPS) is 15.8. The van der Waals surface area contributed by atoms with Gasteiger partial charge in [-0.3, -0.25) is 4.90 Å². The Kier molecular flexibility index (Phi) is 6.88. The Hall–Kier alpha value is -1.38. The second kappa shape index (κ2) is 8.92. The molecule has 2 N–H and O–H groups in total. The lowest BCUT2D eigenvalue weighted by Crippen LogP contribution is -2.42. The zero-order valence-corrected chi connectivity index (χ0v) is 12.9. The zero-order chi connectivity index (χ0) is 15.8. The maximum atomic E-state index is 12.3. The van der Waals surface area contributed by atoms with Crippen molar-refractivity contribution >= 4 is 23.5 Å². The third kappa shape index (κ3) is 6.17. The number of amides is 2. The van der Waals surface area contributed by atoms with Gasteiger partial charge < -0.3 is 15.4 Å². The zero-order valence-electron chi connectivity index (χ0n) is 12.1. The van der Waals surface area contributed by atoms with E-state index in [4.69, 9.17) is 4.74 Å². The van der Waals surface area contributed by atoms with Crippen LogP contribution in [0.5, 0.6) is 0 Å². The monoisotopic (exact) mass is 331 g/mol.